The molecule has 2 heterocycles. The van der Waals surface area contributed by atoms with Gasteiger partial charge in [-0.05, 0) is 68.6 Å². The summed E-state index contributed by atoms with van der Waals surface area (Å²) in [5, 5.41) is 13.9. The maximum Gasteiger partial charge on any atom is 0.307 e. The number of carbonyl (C=O) groups excluding carboxylic acids is 1. The summed E-state index contributed by atoms with van der Waals surface area (Å²) in [7, 11) is 0. The lowest BCUT2D eigenvalue weighted by Crippen LogP contribution is -2.40. The molecule has 2 aliphatic carbocycles. The normalized spacial score (nSPS) is 22.4. The average molecular weight is 397 g/mol. The molecule has 0 radical (unpaired) electrons. The topological polar surface area (TPSA) is 75.4 Å². The number of likely N-dealkylation sites (tertiary alicyclic amines) is 1. The van der Waals surface area contributed by atoms with Crippen LogP contribution in [0, 0.1) is 17.2 Å². The molecule has 7 heteroatoms. The second kappa shape index (κ2) is 6.68. The summed E-state index contributed by atoms with van der Waals surface area (Å²) in [5.74, 6) is -1.37. The van der Waals surface area contributed by atoms with Crippen LogP contribution >= 0.6 is 0 Å². The van der Waals surface area contributed by atoms with Crippen LogP contribution in [0.4, 0.5) is 4.39 Å². The Hall–Kier alpha value is -2.70. The summed E-state index contributed by atoms with van der Waals surface area (Å²) in [6.07, 6.45) is 5.90. The van der Waals surface area contributed by atoms with Crippen molar-refractivity contribution in [3.63, 3.8) is 0 Å². The lowest BCUT2D eigenvalue weighted by molar-refractivity contribution is -0.139. The van der Waals surface area contributed by atoms with E-state index in [-0.39, 0.29) is 23.1 Å². The van der Waals surface area contributed by atoms with E-state index >= 15 is 0 Å². The molecule has 6 nitrogen and oxygen atoms in total. The first-order valence-corrected chi connectivity index (χ1v) is 10.4. The van der Waals surface area contributed by atoms with Crippen LogP contribution in [0.5, 0.6) is 0 Å². The number of amides is 1. The van der Waals surface area contributed by atoms with Gasteiger partial charge in [0, 0.05) is 24.3 Å². The molecule has 2 fully saturated rings. The van der Waals surface area contributed by atoms with Crippen LogP contribution in [0.2, 0.25) is 0 Å². The Morgan fingerprint density at radius 3 is 2.62 bits per heavy atom. The average Bonchev–Trinajstić information content (AvgIpc) is 3.29. The predicted octanol–water partition coefficient (Wildman–Crippen LogP) is 3.22. The molecule has 1 aromatic carbocycles. The Bertz CT molecular complexity index is 991. The summed E-state index contributed by atoms with van der Waals surface area (Å²) < 4.78 is 15.5. The molecule has 29 heavy (non-hydrogen) atoms. The Balaban J connectivity index is 1.41. The molecular formula is C22H24FN3O3. The molecule has 1 spiro atoms. The second-order valence-corrected chi connectivity index (χ2v) is 8.62. The van der Waals surface area contributed by atoms with E-state index in [0.29, 0.717) is 24.5 Å². The van der Waals surface area contributed by atoms with Crippen LogP contribution in [-0.2, 0) is 17.6 Å². The highest BCUT2D eigenvalue weighted by Gasteiger charge is 2.59. The fourth-order valence-corrected chi connectivity index (χ4v) is 5.15. The Morgan fingerprint density at radius 1 is 1.17 bits per heavy atom. The number of fused-ring (bicyclic) bond motifs is 1. The molecule has 1 N–H and O–H groups in total. The van der Waals surface area contributed by atoms with Crippen LogP contribution in [0.25, 0.3) is 5.69 Å². The number of benzene rings is 1. The molecule has 152 valence electrons. The van der Waals surface area contributed by atoms with E-state index in [1.54, 1.807) is 10.7 Å². The first kappa shape index (κ1) is 18.3. The van der Waals surface area contributed by atoms with Gasteiger partial charge in [0.25, 0.3) is 5.91 Å². The SMILES string of the molecule is O=C(O)C1CC12CCN(C(=O)c1nn(-c3cccc(F)c3)c3c1CCCC3)CC2. The quantitative estimate of drug-likeness (QED) is 0.863. The number of rotatable bonds is 3. The Labute approximate surface area is 168 Å². The molecule has 1 saturated carbocycles. The number of carboxylic acid groups (broad SMARTS) is 1. The van der Waals surface area contributed by atoms with Gasteiger partial charge in [-0.2, -0.15) is 5.10 Å². The van der Waals surface area contributed by atoms with Crippen molar-refractivity contribution in [2.75, 3.05) is 13.1 Å². The third-order valence-corrected chi connectivity index (χ3v) is 6.97. The van der Waals surface area contributed by atoms with Gasteiger partial charge in [-0.25, -0.2) is 9.07 Å². The van der Waals surface area contributed by atoms with Crippen molar-refractivity contribution in [2.24, 2.45) is 11.3 Å². The van der Waals surface area contributed by atoms with Gasteiger partial charge < -0.3 is 10.0 Å². The van der Waals surface area contributed by atoms with Crippen molar-refractivity contribution in [1.29, 1.82) is 0 Å². The molecule has 1 unspecified atom stereocenters. The van der Waals surface area contributed by atoms with Crippen molar-refractivity contribution in [1.82, 2.24) is 14.7 Å². The Morgan fingerprint density at radius 2 is 1.93 bits per heavy atom. The molecule has 1 aliphatic heterocycles. The molecule has 1 aromatic heterocycles. The molecule has 3 aliphatic rings. The molecular weight excluding hydrogens is 373 g/mol. The zero-order valence-corrected chi connectivity index (χ0v) is 16.2. The number of aromatic nitrogens is 2. The van der Waals surface area contributed by atoms with Gasteiger partial charge in [0.05, 0.1) is 11.6 Å². The summed E-state index contributed by atoms with van der Waals surface area (Å²) in [6, 6.07) is 6.31. The fourth-order valence-electron chi connectivity index (χ4n) is 5.15. The minimum Gasteiger partial charge on any atom is -0.481 e. The monoisotopic (exact) mass is 397 g/mol. The van der Waals surface area contributed by atoms with Crippen molar-refractivity contribution >= 4 is 11.9 Å². The van der Waals surface area contributed by atoms with Crippen LogP contribution in [-0.4, -0.2) is 44.8 Å². The van der Waals surface area contributed by atoms with E-state index in [9.17, 15) is 19.1 Å². The zero-order chi connectivity index (χ0) is 20.2. The van der Waals surface area contributed by atoms with Gasteiger partial charge in [-0.3, -0.25) is 9.59 Å². The number of carbonyl (C=O) groups is 2. The number of carboxylic acids is 1. The smallest absolute Gasteiger partial charge is 0.307 e. The lowest BCUT2D eigenvalue weighted by Gasteiger charge is -2.32. The number of halogens is 1. The van der Waals surface area contributed by atoms with E-state index in [4.69, 9.17) is 0 Å². The van der Waals surface area contributed by atoms with Crippen LogP contribution < -0.4 is 0 Å². The van der Waals surface area contributed by atoms with Crippen molar-refractivity contribution < 1.29 is 19.1 Å². The number of aliphatic carboxylic acids is 1. The zero-order valence-electron chi connectivity index (χ0n) is 16.2. The van der Waals surface area contributed by atoms with Gasteiger partial charge in [-0.15, -0.1) is 0 Å². The van der Waals surface area contributed by atoms with Crippen molar-refractivity contribution in [3.8, 4) is 5.69 Å². The van der Waals surface area contributed by atoms with E-state index < -0.39 is 5.97 Å². The molecule has 5 rings (SSSR count). The predicted molar refractivity (Wildman–Crippen MR) is 103 cm³/mol. The third kappa shape index (κ3) is 3.03. The van der Waals surface area contributed by atoms with Gasteiger partial charge in [0.1, 0.15) is 5.82 Å². The lowest BCUT2D eigenvalue weighted by atomic mass is 9.90. The minimum absolute atomic E-state index is 0.0827. The molecule has 2 aromatic rings. The van der Waals surface area contributed by atoms with Crippen LogP contribution in [0.15, 0.2) is 24.3 Å². The molecule has 0 bridgehead atoms. The highest BCUT2D eigenvalue weighted by atomic mass is 19.1. The molecule has 1 atom stereocenters. The highest BCUT2D eigenvalue weighted by Crippen LogP contribution is 2.59. The second-order valence-electron chi connectivity index (χ2n) is 8.62. The molecule has 1 saturated heterocycles. The summed E-state index contributed by atoms with van der Waals surface area (Å²) in [4.78, 5) is 26.4. The van der Waals surface area contributed by atoms with Gasteiger partial charge in [0.15, 0.2) is 5.69 Å². The number of piperidine rings is 1. The van der Waals surface area contributed by atoms with Gasteiger partial charge in [-0.1, -0.05) is 6.07 Å². The number of hydrogen-bond donors (Lipinski definition) is 1. The number of hydrogen-bond acceptors (Lipinski definition) is 3. The highest BCUT2D eigenvalue weighted by molar-refractivity contribution is 5.94. The van der Waals surface area contributed by atoms with Crippen molar-refractivity contribution in [2.45, 2.75) is 44.9 Å². The van der Waals surface area contributed by atoms with Crippen molar-refractivity contribution in [3.05, 3.63) is 47.0 Å². The van der Waals surface area contributed by atoms with Crippen LogP contribution in [0.3, 0.4) is 0 Å². The maximum atomic E-state index is 13.8. The van der Waals surface area contributed by atoms with E-state index in [0.717, 1.165) is 56.2 Å². The molecule has 1 amide bonds. The summed E-state index contributed by atoms with van der Waals surface area (Å²) in [6.45, 7) is 1.15. The van der Waals surface area contributed by atoms with E-state index in [2.05, 4.69) is 5.10 Å². The summed E-state index contributed by atoms with van der Waals surface area (Å²) >= 11 is 0. The standard InChI is InChI=1S/C22H24FN3O3/c23-14-4-3-5-15(12-14)26-18-7-2-1-6-16(18)19(24-26)20(27)25-10-8-22(9-11-25)13-17(22)21(28)29/h3-5,12,17H,1-2,6-11,13H2,(H,28,29). The van der Waals surface area contributed by atoms with E-state index in [1.807, 2.05) is 11.0 Å². The third-order valence-electron chi connectivity index (χ3n) is 6.97. The van der Waals surface area contributed by atoms with Gasteiger partial charge in [0.2, 0.25) is 0 Å². The van der Waals surface area contributed by atoms with Gasteiger partial charge >= 0.3 is 5.97 Å². The van der Waals surface area contributed by atoms with E-state index in [1.165, 1.54) is 12.1 Å². The minimum atomic E-state index is -0.715. The number of nitrogens with zero attached hydrogens (tertiary/aromatic N) is 3. The van der Waals surface area contributed by atoms with Crippen LogP contribution in [0.1, 0.15) is 53.8 Å². The fraction of sp³-hybridized carbons (Fsp3) is 0.500. The maximum absolute atomic E-state index is 13.8. The Kier molecular flexibility index (Phi) is 4.22. The first-order chi connectivity index (χ1) is 14.0. The summed E-state index contributed by atoms with van der Waals surface area (Å²) in [5.41, 5.74) is 3.00. The first-order valence-electron chi connectivity index (χ1n) is 10.4. The largest absolute Gasteiger partial charge is 0.481 e.